The summed E-state index contributed by atoms with van der Waals surface area (Å²) in [5.41, 5.74) is 1.62. The van der Waals surface area contributed by atoms with Gasteiger partial charge in [0.05, 0.1) is 0 Å². The molecule has 2 aliphatic carbocycles. The molecule has 154 valence electrons. The van der Waals surface area contributed by atoms with Gasteiger partial charge in [-0.1, -0.05) is 19.9 Å². The predicted octanol–water partition coefficient (Wildman–Crippen LogP) is 3.45. The van der Waals surface area contributed by atoms with Crippen molar-refractivity contribution in [1.82, 2.24) is 4.31 Å². The highest BCUT2D eigenvalue weighted by Gasteiger charge is 2.36. The molecule has 0 saturated heterocycles. The lowest BCUT2D eigenvalue weighted by Crippen LogP contribution is -2.36. The fourth-order valence-corrected chi connectivity index (χ4v) is 5.79. The number of rotatable bonds is 8. The number of fused-ring (bicyclic) bond motifs is 1. The molecule has 0 aliphatic heterocycles. The summed E-state index contributed by atoms with van der Waals surface area (Å²) in [6.45, 7) is 8.14. The van der Waals surface area contributed by atoms with Crippen molar-refractivity contribution in [3.63, 3.8) is 0 Å². The van der Waals surface area contributed by atoms with Crippen molar-refractivity contribution >= 4 is 21.6 Å². The number of nitrogens with one attached hydrogen (secondary N) is 1. The normalized spacial score (nSPS) is 16.9. The van der Waals surface area contributed by atoms with Crippen LogP contribution in [0.1, 0.15) is 50.7 Å². The summed E-state index contributed by atoms with van der Waals surface area (Å²) >= 11 is 0. The van der Waals surface area contributed by atoms with Crippen molar-refractivity contribution in [3.8, 4) is 5.75 Å². The van der Waals surface area contributed by atoms with E-state index < -0.39 is 10.0 Å². The highest BCUT2D eigenvalue weighted by atomic mass is 32.2. The van der Waals surface area contributed by atoms with E-state index in [-0.39, 0.29) is 40.6 Å². The van der Waals surface area contributed by atoms with Crippen molar-refractivity contribution in [2.75, 3.05) is 18.4 Å². The number of nitrogens with zero attached hydrogens (tertiary/aromatic N) is 1. The summed E-state index contributed by atoms with van der Waals surface area (Å²) in [5, 5.41) is 13.4. The minimum absolute atomic E-state index is 0.0374. The monoisotopic (exact) mass is 406 g/mol. The second kappa shape index (κ2) is 8.25. The van der Waals surface area contributed by atoms with Crippen LogP contribution in [0.15, 0.2) is 23.6 Å². The quantitative estimate of drug-likeness (QED) is 0.511. The van der Waals surface area contributed by atoms with Crippen LogP contribution in [0.3, 0.4) is 0 Å². The number of anilines is 1. The van der Waals surface area contributed by atoms with Gasteiger partial charge in [0.15, 0.2) is 0 Å². The number of carbonyl (C=O) groups excluding carboxylic acids is 1. The molecule has 0 bridgehead atoms. The van der Waals surface area contributed by atoms with Crippen LogP contribution in [0.2, 0.25) is 0 Å². The number of aryl methyl sites for hydroxylation is 1. The van der Waals surface area contributed by atoms with Crippen LogP contribution in [0.4, 0.5) is 5.69 Å². The minimum Gasteiger partial charge on any atom is -0.506 e. The number of benzene rings is 1. The average molecular weight is 407 g/mol. The molecule has 0 unspecified atom stereocenters. The lowest BCUT2D eigenvalue weighted by atomic mass is 9.91. The van der Waals surface area contributed by atoms with Crippen LogP contribution >= 0.6 is 0 Å². The molecular weight excluding hydrogens is 376 g/mol. The van der Waals surface area contributed by atoms with E-state index in [1.54, 1.807) is 12.1 Å². The van der Waals surface area contributed by atoms with Crippen molar-refractivity contribution in [2.24, 2.45) is 11.8 Å². The number of sulfonamides is 1. The third kappa shape index (κ3) is 4.25. The van der Waals surface area contributed by atoms with Crippen LogP contribution in [-0.4, -0.2) is 36.8 Å². The van der Waals surface area contributed by atoms with Gasteiger partial charge in [0.1, 0.15) is 16.3 Å². The van der Waals surface area contributed by atoms with Gasteiger partial charge in [-0.25, -0.2) is 8.42 Å². The fourth-order valence-electron chi connectivity index (χ4n) is 3.78. The molecule has 0 radical (unpaired) electrons. The molecule has 7 heteroatoms. The molecule has 2 N–H and O–H groups in total. The second-order valence-corrected chi connectivity index (χ2v) is 10.1. The number of aromatic hydroxyl groups is 1. The van der Waals surface area contributed by atoms with E-state index in [0.717, 1.165) is 43.2 Å². The number of phenolic OH excluding ortho intramolecular Hbond substituents is 1. The molecule has 1 amide bonds. The van der Waals surface area contributed by atoms with E-state index in [0.29, 0.717) is 13.0 Å². The fraction of sp³-hybridized carbons (Fsp3) is 0.571. The highest BCUT2D eigenvalue weighted by molar-refractivity contribution is 7.89. The molecule has 1 aromatic carbocycles. The molecule has 3 rings (SSSR count). The van der Waals surface area contributed by atoms with E-state index in [2.05, 4.69) is 11.9 Å². The third-order valence-electron chi connectivity index (χ3n) is 5.27. The maximum atomic E-state index is 13.7. The highest BCUT2D eigenvalue weighted by Crippen LogP contribution is 2.42. The lowest BCUT2D eigenvalue weighted by Gasteiger charge is -2.28. The average Bonchev–Trinajstić information content (AvgIpc) is 3.46. The standard InChI is InChI=1S/C21H30N2O4S/c1-4-11-23(13-14(2)3)28(26,27)20-17-8-6-5-7-16(17)12-18(24)19(20)22-21(25)15-9-10-15/h4,12,14-15,24H,1,5-11,13H2,2-3H3,(H,22,25). The Morgan fingerprint density at radius 2 is 2.04 bits per heavy atom. The predicted molar refractivity (Wildman–Crippen MR) is 110 cm³/mol. The number of amides is 1. The topological polar surface area (TPSA) is 86.7 Å². The van der Waals surface area contributed by atoms with Crippen LogP contribution in [0, 0.1) is 11.8 Å². The molecule has 28 heavy (non-hydrogen) atoms. The van der Waals surface area contributed by atoms with Gasteiger partial charge in [-0.3, -0.25) is 4.79 Å². The second-order valence-electron chi connectivity index (χ2n) is 8.21. The number of hydrogen-bond donors (Lipinski definition) is 2. The van der Waals surface area contributed by atoms with Crippen molar-refractivity contribution in [1.29, 1.82) is 0 Å². The Labute approximate surface area is 167 Å². The van der Waals surface area contributed by atoms with Gasteiger partial charge in [0.25, 0.3) is 0 Å². The van der Waals surface area contributed by atoms with Gasteiger partial charge in [-0.05, 0) is 61.6 Å². The van der Waals surface area contributed by atoms with Gasteiger partial charge in [-0.2, -0.15) is 4.31 Å². The molecule has 6 nitrogen and oxygen atoms in total. The molecule has 0 heterocycles. The first-order valence-corrected chi connectivity index (χ1v) is 11.5. The summed E-state index contributed by atoms with van der Waals surface area (Å²) in [7, 11) is -3.92. The summed E-state index contributed by atoms with van der Waals surface area (Å²) in [5.74, 6) is -0.351. The SMILES string of the molecule is C=CCN(CC(C)C)S(=O)(=O)c1c2c(cc(O)c1NC(=O)C1CC1)CCCC2. The van der Waals surface area contributed by atoms with Gasteiger partial charge in [-0.15, -0.1) is 6.58 Å². The third-order valence-corrected chi connectivity index (χ3v) is 7.22. The smallest absolute Gasteiger partial charge is 0.245 e. The Balaban J connectivity index is 2.15. The molecule has 1 aromatic rings. The largest absolute Gasteiger partial charge is 0.506 e. The van der Waals surface area contributed by atoms with Gasteiger partial charge in [0, 0.05) is 19.0 Å². The van der Waals surface area contributed by atoms with E-state index in [1.807, 2.05) is 13.8 Å². The molecular formula is C21H30N2O4S. The van der Waals surface area contributed by atoms with Gasteiger partial charge < -0.3 is 10.4 Å². The van der Waals surface area contributed by atoms with E-state index in [9.17, 15) is 18.3 Å². The first-order chi connectivity index (χ1) is 13.3. The number of phenols is 1. The molecule has 0 aromatic heterocycles. The van der Waals surface area contributed by atoms with Crippen LogP contribution in [-0.2, 0) is 27.7 Å². The Morgan fingerprint density at radius 1 is 1.36 bits per heavy atom. The summed E-state index contributed by atoms with van der Waals surface area (Å²) in [6.07, 6.45) is 6.38. The molecule has 0 spiro atoms. The number of hydrogen-bond acceptors (Lipinski definition) is 4. The van der Waals surface area contributed by atoms with Crippen LogP contribution in [0.25, 0.3) is 0 Å². The van der Waals surface area contributed by atoms with Crippen LogP contribution < -0.4 is 5.32 Å². The zero-order chi connectivity index (χ0) is 20.5. The zero-order valence-electron chi connectivity index (χ0n) is 16.7. The summed E-state index contributed by atoms with van der Waals surface area (Å²) < 4.78 is 28.8. The van der Waals surface area contributed by atoms with Gasteiger partial charge in [0.2, 0.25) is 15.9 Å². The maximum Gasteiger partial charge on any atom is 0.245 e. The zero-order valence-corrected chi connectivity index (χ0v) is 17.5. The Hall–Kier alpha value is -1.86. The van der Waals surface area contributed by atoms with E-state index in [4.69, 9.17) is 0 Å². The van der Waals surface area contributed by atoms with E-state index >= 15 is 0 Å². The maximum absolute atomic E-state index is 13.7. The lowest BCUT2D eigenvalue weighted by molar-refractivity contribution is -0.117. The molecule has 1 saturated carbocycles. The summed E-state index contributed by atoms with van der Waals surface area (Å²) in [6, 6.07) is 1.62. The Morgan fingerprint density at radius 3 is 2.64 bits per heavy atom. The molecule has 0 atom stereocenters. The summed E-state index contributed by atoms with van der Waals surface area (Å²) in [4.78, 5) is 12.5. The molecule has 1 fully saturated rings. The first kappa shape index (κ1) is 20.9. The first-order valence-electron chi connectivity index (χ1n) is 10.0. The van der Waals surface area contributed by atoms with Crippen molar-refractivity contribution in [3.05, 3.63) is 29.8 Å². The Bertz CT molecular complexity index is 873. The molecule has 2 aliphatic rings. The van der Waals surface area contributed by atoms with Crippen molar-refractivity contribution in [2.45, 2.75) is 57.3 Å². The minimum atomic E-state index is -3.92. The Kier molecular flexibility index (Phi) is 6.15. The van der Waals surface area contributed by atoms with Gasteiger partial charge >= 0.3 is 0 Å². The van der Waals surface area contributed by atoms with Crippen molar-refractivity contribution < 1.29 is 18.3 Å². The van der Waals surface area contributed by atoms with E-state index in [1.165, 1.54) is 4.31 Å². The number of carbonyl (C=O) groups is 1. The van der Waals surface area contributed by atoms with Crippen LogP contribution in [0.5, 0.6) is 5.75 Å².